The molecular formula is C21H32O3. The Morgan fingerprint density at radius 3 is 2.62 bits per heavy atom. The normalized spacial score (nSPS) is 53.2. The van der Waals surface area contributed by atoms with E-state index in [0.717, 1.165) is 37.7 Å². The lowest BCUT2D eigenvalue weighted by molar-refractivity contribution is -0.192. The monoisotopic (exact) mass is 332 g/mol. The van der Waals surface area contributed by atoms with Gasteiger partial charge in [0.2, 0.25) is 0 Å². The lowest BCUT2D eigenvalue weighted by atomic mass is 9.40. The standard InChI is InChI=1S/C21H32O3/c1-13-14-6-7-16-19(2)9-5-10-20(3,18(23)24-4)15(19)8-11-21(16,12-14)17(13)22/h14-17,22H,1,5-12H2,2-4H3/t14-,15+,16+,17+,19-,20-,21-/m1/s1. The molecule has 4 aliphatic carbocycles. The SMILES string of the molecule is C=C1[C@@H]2CC[C@H]3[C@]4(C)CCC[C@@](C)(C(=O)OC)[C@H]4CC[C@]3(C2)[C@H]1O. The van der Waals surface area contributed by atoms with Crippen molar-refractivity contribution >= 4 is 5.97 Å². The molecule has 7 atom stereocenters. The summed E-state index contributed by atoms with van der Waals surface area (Å²) >= 11 is 0. The van der Waals surface area contributed by atoms with Crippen LogP contribution in [0, 0.1) is 34.0 Å². The van der Waals surface area contributed by atoms with Gasteiger partial charge in [0.1, 0.15) is 0 Å². The summed E-state index contributed by atoms with van der Waals surface area (Å²) in [4.78, 5) is 12.6. The summed E-state index contributed by atoms with van der Waals surface area (Å²) in [5.41, 5.74) is 0.891. The lowest BCUT2D eigenvalue weighted by Gasteiger charge is -2.63. The maximum Gasteiger partial charge on any atom is 0.311 e. The molecular weight excluding hydrogens is 300 g/mol. The zero-order valence-electron chi connectivity index (χ0n) is 15.4. The van der Waals surface area contributed by atoms with Gasteiger partial charge in [-0.3, -0.25) is 4.79 Å². The van der Waals surface area contributed by atoms with Gasteiger partial charge in [-0.25, -0.2) is 0 Å². The van der Waals surface area contributed by atoms with Gasteiger partial charge in [-0.1, -0.05) is 19.9 Å². The summed E-state index contributed by atoms with van der Waals surface area (Å²) in [6.07, 6.45) is 8.43. The van der Waals surface area contributed by atoms with Crippen LogP contribution in [0.1, 0.15) is 65.2 Å². The Morgan fingerprint density at radius 1 is 1.17 bits per heavy atom. The molecule has 3 heteroatoms. The average Bonchev–Trinajstić information content (AvgIpc) is 2.74. The van der Waals surface area contributed by atoms with Gasteiger partial charge in [-0.2, -0.15) is 0 Å². The number of hydrogen-bond acceptors (Lipinski definition) is 3. The van der Waals surface area contributed by atoms with E-state index < -0.39 is 0 Å². The minimum absolute atomic E-state index is 0.0274. The lowest BCUT2D eigenvalue weighted by Crippen LogP contribution is -2.60. The molecule has 0 aromatic rings. The third-order valence-corrected chi connectivity index (χ3v) is 8.87. The first kappa shape index (κ1) is 16.6. The van der Waals surface area contributed by atoms with Crippen LogP contribution in [0.5, 0.6) is 0 Å². The van der Waals surface area contributed by atoms with Crippen molar-refractivity contribution in [2.75, 3.05) is 7.11 Å². The predicted octanol–water partition coefficient (Wildman–Crippen LogP) is 4.10. The zero-order chi connectivity index (χ0) is 17.3. The van der Waals surface area contributed by atoms with E-state index in [2.05, 4.69) is 20.4 Å². The molecule has 0 unspecified atom stereocenters. The Bertz CT molecular complexity index is 584. The summed E-state index contributed by atoms with van der Waals surface area (Å²) in [7, 11) is 1.53. The fraction of sp³-hybridized carbons (Fsp3) is 0.857. The second-order valence-corrected chi connectivity index (χ2v) is 9.60. The molecule has 2 bridgehead atoms. The highest BCUT2D eigenvalue weighted by Gasteiger charge is 2.67. The Balaban J connectivity index is 1.76. The van der Waals surface area contributed by atoms with Crippen molar-refractivity contribution in [3.63, 3.8) is 0 Å². The molecule has 4 rings (SSSR count). The van der Waals surface area contributed by atoms with Gasteiger partial charge in [0, 0.05) is 5.41 Å². The Kier molecular flexibility index (Phi) is 3.53. The summed E-state index contributed by atoms with van der Waals surface area (Å²) < 4.78 is 5.22. The van der Waals surface area contributed by atoms with Gasteiger partial charge in [-0.05, 0) is 80.6 Å². The van der Waals surface area contributed by atoms with Crippen LogP contribution in [0.3, 0.4) is 0 Å². The van der Waals surface area contributed by atoms with Crippen LogP contribution in [0.4, 0.5) is 0 Å². The minimum Gasteiger partial charge on any atom is -0.469 e. The molecule has 134 valence electrons. The van der Waals surface area contributed by atoms with E-state index >= 15 is 0 Å². The number of ether oxygens (including phenoxy) is 1. The fourth-order valence-corrected chi connectivity index (χ4v) is 7.84. The maximum absolute atomic E-state index is 12.6. The first-order valence-electron chi connectivity index (χ1n) is 9.75. The fourth-order valence-electron chi connectivity index (χ4n) is 7.84. The summed E-state index contributed by atoms with van der Waals surface area (Å²) in [5.74, 6) is 1.38. The molecule has 1 spiro atoms. The number of hydrogen-bond donors (Lipinski definition) is 1. The van der Waals surface area contributed by atoms with Gasteiger partial charge in [0.05, 0.1) is 18.6 Å². The second kappa shape index (κ2) is 5.09. The Labute approximate surface area is 145 Å². The summed E-state index contributed by atoms with van der Waals surface area (Å²) in [6.45, 7) is 8.78. The number of fused-ring (bicyclic) bond motifs is 3. The topological polar surface area (TPSA) is 46.5 Å². The van der Waals surface area contributed by atoms with Gasteiger partial charge < -0.3 is 9.84 Å². The van der Waals surface area contributed by atoms with Gasteiger partial charge in [0.15, 0.2) is 0 Å². The highest BCUT2D eigenvalue weighted by atomic mass is 16.5. The van der Waals surface area contributed by atoms with E-state index in [-0.39, 0.29) is 28.3 Å². The highest BCUT2D eigenvalue weighted by Crippen LogP contribution is 2.72. The van der Waals surface area contributed by atoms with Gasteiger partial charge >= 0.3 is 5.97 Å². The molecule has 3 nitrogen and oxygen atoms in total. The van der Waals surface area contributed by atoms with Crippen molar-refractivity contribution in [2.45, 2.75) is 71.3 Å². The Morgan fingerprint density at radius 2 is 1.92 bits per heavy atom. The highest BCUT2D eigenvalue weighted by molar-refractivity contribution is 5.77. The molecule has 0 aromatic heterocycles. The van der Waals surface area contributed by atoms with Crippen molar-refractivity contribution in [1.82, 2.24) is 0 Å². The number of aliphatic hydroxyl groups excluding tert-OH is 1. The van der Waals surface area contributed by atoms with Crippen LogP contribution in [-0.2, 0) is 9.53 Å². The van der Waals surface area contributed by atoms with Crippen molar-refractivity contribution in [2.24, 2.45) is 34.0 Å². The average molecular weight is 332 g/mol. The third kappa shape index (κ3) is 1.80. The molecule has 4 saturated carbocycles. The Hall–Kier alpha value is -0.830. The smallest absolute Gasteiger partial charge is 0.311 e. The first-order chi connectivity index (χ1) is 11.3. The number of methoxy groups -OCH3 is 1. The second-order valence-electron chi connectivity index (χ2n) is 9.60. The van der Waals surface area contributed by atoms with Crippen molar-refractivity contribution in [3.8, 4) is 0 Å². The van der Waals surface area contributed by atoms with E-state index in [1.54, 1.807) is 0 Å². The first-order valence-corrected chi connectivity index (χ1v) is 9.75. The number of rotatable bonds is 1. The molecule has 0 saturated heterocycles. The van der Waals surface area contributed by atoms with E-state index in [0.29, 0.717) is 17.8 Å². The van der Waals surface area contributed by atoms with Gasteiger partial charge in [0.25, 0.3) is 0 Å². The van der Waals surface area contributed by atoms with E-state index in [1.807, 2.05) is 0 Å². The largest absolute Gasteiger partial charge is 0.469 e. The molecule has 0 aliphatic heterocycles. The van der Waals surface area contributed by atoms with Crippen LogP contribution in [0.15, 0.2) is 12.2 Å². The molecule has 4 fully saturated rings. The van der Waals surface area contributed by atoms with Crippen molar-refractivity contribution < 1.29 is 14.6 Å². The molecule has 0 heterocycles. The molecule has 0 amide bonds. The predicted molar refractivity (Wildman–Crippen MR) is 93.2 cm³/mol. The number of aliphatic hydroxyl groups is 1. The van der Waals surface area contributed by atoms with E-state index in [1.165, 1.54) is 26.4 Å². The van der Waals surface area contributed by atoms with Gasteiger partial charge in [-0.15, -0.1) is 0 Å². The van der Waals surface area contributed by atoms with E-state index in [4.69, 9.17) is 4.74 Å². The van der Waals surface area contributed by atoms with Crippen LogP contribution in [-0.4, -0.2) is 24.3 Å². The molecule has 0 radical (unpaired) electrons. The number of esters is 1. The minimum atomic E-state index is -0.360. The van der Waals surface area contributed by atoms with E-state index in [9.17, 15) is 9.90 Å². The summed E-state index contributed by atoms with van der Waals surface area (Å²) in [5, 5.41) is 11.1. The third-order valence-electron chi connectivity index (χ3n) is 8.87. The number of carbonyl (C=O) groups excluding carboxylic acids is 1. The van der Waals surface area contributed by atoms with Crippen LogP contribution in [0.2, 0.25) is 0 Å². The molecule has 4 aliphatic rings. The van der Waals surface area contributed by atoms with Crippen molar-refractivity contribution in [3.05, 3.63) is 12.2 Å². The van der Waals surface area contributed by atoms with Crippen molar-refractivity contribution in [1.29, 1.82) is 0 Å². The maximum atomic E-state index is 12.6. The number of carbonyl (C=O) groups is 1. The van der Waals surface area contributed by atoms with Crippen LogP contribution in [0.25, 0.3) is 0 Å². The molecule has 0 aromatic carbocycles. The zero-order valence-corrected chi connectivity index (χ0v) is 15.4. The van der Waals surface area contributed by atoms with Crippen LogP contribution < -0.4 is 0 Å². The molecule has 1 N–H and O–H groups in total. The molecule has 24 heavy (non-hydrogen) atoms. The van der Waals surface area contributed by atoms with Crippen LogP contribution >= 0.6 is 0 Å². The summed E-state index contributed by atoms with van der Waals surface area (Å²) in [6, 6.07) is 0. The quantitative estimate of drug-likeness (QED) is 0.581.